The molecular weight excluding hydrogens is 340 g/mol. The van der Waals surface area contributed by atoms with Gasteiger partial charge in [-0.2, -0.15) is 0 Å². The molecule has 0 saturated heterocycles. The number of para-hydroxylation sites is 1. The molecule has 1 aromatic heterocycles. The van der Waals surface area contributed by atoms with Crippen LogP contribution in [0, 0.1) is 0 Å². The van der Waals surface area contributed by atoms with Gasteiger partial charge in [-0.05, 0) is 40.4 Å². The van der Waals surface area contributed by atoms with Crippen molar-refractivity contribution in [2.24, 2.45) is 0 Å². The lowest BCUT2D eigenvalue weighted by molar-refractivity contribution is 1.21. The Hall–Kier alpha value is -3.65. The number of hydrogen-bond acceptors (Lipinski definition) is 2. The maximum Gasteiger partial charge on any atom is 0.0807 e. The lowest BCUT2D eigenvalue weighted by Crippen LogP contribution is -2.11. The summed E-state index contributed by atoms with van der Waals surface area (Å²) >= 11 is 0. The number of benzene rings is 4. The molecule has 0 amide bonds. The average molecular weight is 360 g/mol. The topological polar surface area (TPSA) is 16.1 Å². The predicted molar refractivity (Wildman–Crippen MR) is 119 cm³/mol. The third kappa shape index (κ3) is 2.71. The highest BCUT2D eigenvalue weighted by atomic mass is 15.1. The first kappa shape index (κ1) is 16.5. The zero-order chi connectivity index (χ0) is 18.9. The normalized spacial score (nSPS) is 11.0. The Labute approximate surface area is 164 Å². The number of pyridine rings is 1. The van der Waals surface area contributed by atoms with Crippen LogP contribution in [-0.4, -0.2) is 12.0 Å². The molecule has 0 unspecified atom stereocenters. The van der Waals surface area contributed by atoms with Gasteiger partial charge in [0.25, 0.3) is 0 Å². The summed E-state index contributed by atoms with van der Waals surface area (Å²) in [5.74, 6) is 0. The van der Waals surface area contributed by atoms with Crippen LogP contribution in [0.4, 0.5) is 11.4 Å². The highest BCUT2D eigenvalue weighted by Gasteiger charge is 2.17. The predicted octanol–water partition coefficient (Wildman–Crippen LogP) is 6.82. The van der Waals surface area contributed by atoms with Crippen LogP contribution in [0.25, 0.3) is 32.8 Å². The van der Waals surface area contributed by atoms with Gasteiger partial charge < -0.3 is 4.90 Å². The molecule has 5 aromatic rings. The maximum absolute atomic E-state index is 4.84. The lowest BCUT2D eigenvalue weighted by Gasteiger charge is -2.24. The number of rotatable bonds is 3. The smallest absolute Gasteiger partial charge is 0.0807 e. The number of nitrogens with zero attached hydrogens (tertiary/aromatic N) is 2. The van der Waals surface area contributed by atoms with E-state index in [1.54, 1.807) is 0 Å². The lowest BCUT2D eigenvalue weighted by atomic mass is 9.96. The zero-order valence-corrected chi connectivity index (χ0v) is 15.7. The third-order valence-corrected chi connectivity index (χ3v) is 5.32. The molecule has 0 aliphatic carbocycles. The van der Waals surface area contributed by atoms with Gasteiger partial charge in [-0.1, -0.05) is 72.8 Å². The minimum Gasteiger partial charge on any atom is -0.344 e. The average Bonchev–Trinajstić information content (AvgIpc) is 2.78. The molecule has 0 spiro atoms. The quantitative estimate of drug-likeness (QED) is 0.351. The standard InChI is InChI=1S/C26H20N2/c1-28(21-11-3-2-4-12-21)24-16-15-19-9-5-7-13-22(19)25(24)26-23-14-8-6-10-20(23)17-18-27-26/h2-18H,1H3. The first-order valence-corrected chi connectivity index (χ1v) is 9.47. The Morgan fingerprint density at radius 3 is 2.04 bits per heavy atom. The molecule has 1 heterocycles. The van der Waals surface area contributed by atoms with Crippen LogP contribution in [0.2, 0.25) is 0 Å². The van der Waals surface area contributed by atoms with Crippen molar-refractivity contribution in [3.8, 4) is 11.3 Å². The highest BCUT2D eigenvalue weighted by Crippen LogP contribution is 2.41. The van der Waals surface area contributed by atoms with Crippen LogP contribution in [0.5, 0.6) is 0 Å². The summed E-state index contributed by atoms with van der Waals surface area (Å²) in [5.41, 5.74) is 4.49. The molecule has 2 nitrogen and oxygen atoms in total. The van der Waals surface area contributed by atoms with E-state index in [0.717, 1.165) is 17.1 Å². The molecule has 134 valence electrons. The summed E-state index contributed by atoms with van der Waals surface area (Å²) in [4.78, 5) is 7.08. The maximum atomic E-state index is 4.84. The van der Waals surface area contributed by atoms with Gasteiger partial charge in [0.2, 0.25) is 0 Å². The van der Waals surface area contributed by atoms with Crippen LogP contribution >= 0.6 is 0 Å². The molecule has 4 aromatic carbocycles. The van der Waals surface area contributed by atoms with E-state index in [1.807, 2.05) is 12.3 Å². The van der Waals surface area contributed by atoms with Crippen LogP contribution < -0.4 is 4.90 Å². The summed E-state index contributed by atoms with van der Waals surface area (Å²) in [6, 6.07) is 33.9. The van der Waals surface area contributed by atoms with Crippen LogP contribution in [0.15, 0.2) is 103 Å². The molecule has 0 radical (unpaired) electrons. The number of fused-ring (bicyclic) bond motifs is 2. The summed E-state index contributed by atoms with van der Waals surface area (Å²) in [7, 11) is 2.12. The zero-order valence-electron chi connectivity index (χ0n) is 15.7. The van der Waals surface area contributed by atoms with Gasteiger partial charge in [-0.15, -0.1) is 0 Å². The summed E-state index contributed by atoms with van der Waals surface area (Å²) in [6.45, 7) is 0. The van der Waals surface area contributed by atoms with Crippen molar-refractivity contribution in [2.75, 3.05) is 11.9 Å². The first-order chi connectivity index (χ1) is 13.8. The van der Waals surface area contributed by atoms with Crippen molar-refractivity contribution in [1.29, 1.82) is 0 Å². The van der Waals surface area contributed by atoms with E-state index in [0.29, 0.717) is 0 Å². The van der Waals surface area contributed by atoms with Gasteiger partial charge in [0, 0.05) is 29.9 Å². The Morgan fingerprint density at radius 1 is 0.607 bits per heavy atom. The Kier molecular flexibility index (Phi) is 4.02. The minimum absolute atomic E-state index is 1.02. The summed E-state index contributed by atoms with van der Waals surface area (Å²) < 4.78 is 0. The van der Waals surface area contributed by atoms with Crippen molar-refractivity contribution >= 4 is 32.9 Å². The molecule has 0 aliphatic rings. The molecule has 0 fully saturated rings. The van der Waals surface area contributed by atoms with Crippen LogP contribution in [0.1, 0.15) is 0 Å². The Morgan fingerprint density at radius 2 is 1.25 bits per heavy atom. The molecule has 0 bridgehead atoms. The van der Waals surface area contributed by atoms with E-state index in [4.69, 9.17) is 4.98 Å². The van der Waals surface area contributed by atoms with E-state index >= 15 is 0 Å². The first-order valence-electron chi connectivity index (χ1n) is 9.47. The Bertz CT molecular complexity index is 1270. The van der Waals surface area contributed by atoms with Gasteiger partial charge in [-0.3, -0.25) is 4.98 Å². The molecule has 0 saturated carbocycles. The second-order valence-electron chi connectivity index (χ2n) is 6.96. The fourth-order valence-corrected chi connectivity index (χ4v) is 3.90. The fourth-order valence-electron chi connectivity index (χ4n) is 3.90. The second kappa shape index (κ2) is 6.82. The van der Waals surface area contributed by atoms with Crippen LogP contribution in [-0.2, 0) is 0 Å². The van der Waals surface area contributed by atoms with Crippen molar-refractivity contribution in [3.63, 3.8) is 0 Å². The van der Waals surface area contributed by atoms with Crippen molar-refractivity contribution < 1.29 is 0 Å². The monoisotopic (exact) mass is 360 g/mol. The fraction of sp³-hybridized carbons (Fsp3) is 0.0385. The highest BCUT2D eigenvalue weighted by molar-refractivity contribution is 6.09. The molecule has 2 heteroatoms. The van der Waals surface area contributed by atoms with Crippen molar-refractivity contribution in [2.45, 2.75) is 0 Å². The van der Waals surface area contributed by atoms with Crippen molar-refractivity contribution in [1.82, 2.24) is 4.98 Å². The summed E-state index contributed by atoms with van der Waals surface area (Å²) in [5, 5.41) is 4.81. The van der Waals surface area contributed by atoms with Crippen molar-refractivity contribution in [3.05, 3.63) is 103 Å². The number of hydrogen-bond donors (Lipinski definition) is 0. The van der Waals surface area contributed by atoms with E-state index < -0.39 is 0 Å². The van der Waals surface area contributed by atoms with E-state index in [-0.39, 0.29) is 0 Å². The molecule has 0 N–H and O–H groups in total. The van der Waals surface area contributed by atoms with E-state index in [9.17, 15) is 0 Å². The second-order valence-corrected chi connectivity index (χ2v) is 6.96. The van der Waals surface area contributed by atoms with Crippen LogP contribution in [0.3, 0.4) is 0 Å². The van der Waals surface area contributed by atoms with Gasteiger partial charge in [-0.25, -0.2) is 0 Å². The van der Waals surface area contributed by atoms with Gasteiger partial charge >= 0.3 is 0 Å². The summed E-state index contributed by atoms with van der Waals surface area (Å²) in [6.07, 6.45) is 1.91. The molecule has 28 heavy (non-hydrogen) atoms. The Balaban J connectivity index is 1.86. The molecule has 0 atom stereocenters. The number of anilines is 2. The molecule has 5 rings (SSSR count). The van der Waals surface area contributed by atoms with Gasteiger partial charge in [0.15, 0.2) is 0 Å². The minimum atomic E-state index is 1.02. The SMILES string of the molecule is CN(c1ccccc1)c1ccc2ccccc2c1-c1nccc2ccccc12. The molecular formula is C26H20N2. The van der Waals surface area contributed by atoms with E-state index in [1.165, 1.54) is 27.1 Å². The number of aromatic nitrogens is 1. The molecule has 0 aliphatic heterocycles. The largest absolute Gasteiger partial charge is 0.344 e. The van der Waals surface area contributed by atoms with Gasteiger partial charge in [0.05, 0.1) is 11.4 Å². The van der Waals surface area contributed by atoms with E-state index in [2.05, 4.69) is 103 Å². The third-order valence-electron chi connectivity index (χ3n) is 5.32. The van der Waals surface area contributed by atoms with Gasteiger partial charge in [0.1, 0.15) is 0 Å².